The number of hydrogen-bond donors (Lipinski definition) is 1. The van der Waals surface area contributed by atoms with Crippen molar-refractivity contribution in [2.24, 2.45) is 7.05 Å². The van der Waals surface area contributed by atoms with E-state index < -0.39 is 4.92 Å². The normalized spacial score (nSPS) is 10.3. The lowest BCUT2D eigenvalue weighted by molar-refractivity contribution is -0.384. The zero-order chi connectivity index (χ0) is 15.2. The first-order valence-electron chi connectivity index (χ1n) is 5.96. The summed E-state index contributed by atoms with van der Waals surface area (Å²) >= 11 is 1.36. The molecule has 0 saturated carbocycles. The summed E-state index contributed by atoms with van der Waals surface area (Å²) in [6, 6.07) is 5.81. The van der Waals surface area contributed by atoms with E-state index in [4.69, 9.17) is 0 Å². The summed E-state index contributed by atoms with van der Waals surface area (Å²) in [5, 5.41) is 24.8. The van der Waals surface area contributed by atoms with Crippen LogP contribution in [-0.4, -0.2) is 36.8 Å². The number of carbonyl (C=O) groups is 1. The van der Waals surface area contributed by atoms with Crippen LogP contribution in [0, 0.1) is 10.1 Å². The summed E-state index contributed by atoms with van der Waals surface area (Å²) in [4.78, 5) is 21.9. The fourth-order valence-corrected chi connectivity index (χ4v) is 2.29. The second-order valence-electron chi connectivity index (χ2n) is 4.04. The van der Waals surface area contributed by atoms with Crippen LogP contribution in [0.5, 0.6) is 0 Å². The Hall–Kier alpha value is -2.49. The van der Waals surface area contributed by atoms with Gasteiger partial charge < -0.3 is 5.32 Å². The van der Waals surface area contributed by atoms with E-state index in [1.54, 1.807) is 13.1 Å². The average Bonchev–Trinajstić information content (AvgIpc) is 2.85. The Labute approximate surface area is 123 Å². The molecule has 1 heterocycles. The number of rotatable bonds is 6. The number of thioether (sulfide) groups is 1. The van der Waals surface area contributed by atoms with E-state index >= 15 is 0 Å². The van der Waals surface area contributed by atoms with Gasteiger partial charge in [0.25, 0.3) is 5.69 Å². The fraction of sp³-hybridized carbons (Fsp3) is 0.273. The number of benzene rings is 1. The summed E-state index contributed by atoms with van der Waals surface area (Å²) in [5.41, 5.74) is 0.340. The quantitative estimate of drug-likeness (QED) is 0.484. The maximum Gasteiger partial charge on any atom is 0.271 e. The standard InChI is InChI=1S/C11H12N6O3S/c1-16-11(13-14-15-16)21-6-5-10(18)12-8-3-2-4-9(7-8)17(19)20/h2-4,7H,5-6H2,1H3,(H,12,18). The molecule has 0 aliphatic carbocycles. The van der Waals surface area contributed by atoms with Gasteiger partial charge >= 0.3 is 0 Å². The highest BCUT2D eigenvalue weighted by Crippen LogP contribution is 2.18. The maximum atomic E-state index is 11.8. The van der Waals surface area contributed by atoms with Gasteiger partial charge in [0.05, 0.1) is 4.92 Å². The molecule has 0 atom stereocenters. The van der Waals surface area contributed by atoms with Crippen LogP contribution < -0.4 is 5.32 Å². The molecule has 0 radical (unpaired) electrons. The van der Waals surface area contributed by atoms with Crippen molar-refractivity contribution in [3.05, 3.63) is 34.4 Å². The molecule has 21 heavy (non-hydrogen) atoms. The monoisotopic (exact) mass is 308 g/mol. The number of non-ortho nitro benzene ring substituents is 1. The van der Waals surface area contributed by atoms with E-state index in [9.17, 15) is 14.9 Å². The van der Waals surface area contributed by atoms with Gasteiger partial charge in [0.1, 0.15) is 0 Å². The lowest BCUT2D eigenvalue weighted by Gasteiger charge is -2.04. The molecule has 0 saturated heterocycles. The molecule has 9 nitrogen and oxygen atoms in total. The molecule has 0 bridgehead atoms. The van der Waals surface area contributed by atoms with Crippen molar-refractivity contribution in [2.75, 3.05) is 11.1 Å². The molecule has 10 heteroatoms. The lowest BCUT2D eigenvalue weighted by atomic mass is 10.3. The molecule has 110 valence electrons. The molecule has 1 aromatic heterocycles. The van der Waals surface area contributed by atoms with Gasteiger partial charge in [-0.15, -0.1) is 5.10 Å². The molecule has 1 N–H and O–H groups in total. The van der Waals surface area contributed by atoms with Gasteiger partial charge in [-0.25, -0.2) is 4.68 Å². The van der Waals surface area contributed by atoms with Crippen LogP contribution >= 0.6 is 11.8 Å². The topological polar surface area (TPSA) is 116 Å². The number of aryl methyl sites for hydroxylation is 1. The molecule has 1 aromatic carbocycles. The number of aromatic nitrogens is 4. The second kappa shape index (κ2) is 6.79. The van der Waals surface area contributed by atoms with Crippen LogP contribution in [0.15, 0.2) is 29.4 Å². The molecule has 2 rings (SSSR count). The summed E-state index contributed by atoms with van der Waals surface area (Å²) in [6.45, 7) is 0. The summed E-state index contributed by atoms with van der Waals surface area (Å²) in [7, 11) is 1.71. The molecule has 1 amide bonds. The van der Waals surface area contributed by atoms with Crippen LogP contribution in [0.25, 0.3) is 0 Å². The predicted molar refractivity (Wildman–Crippen MR) is 75.9 cm³/mol. The molecular weight excluding hydrogens is 296 g/mol. The zero-order valence-corrected chi connectivity index (χ0v) is 11.9. The fourth-order valence-electron chi connectivity index (χ4n) is 1.50. The van der Waals surface area contributed by atoms with E-state index in [2.05, 4.69) is 20.8 Å². The van der Waals surface area contributed by atoms with E-state index in [0.717, 1.165) is 0 Å². The minimum absolute atomic E-state index is 0.0627. The van der Waals surface area contributed by atoms with Crippen molar-refractivity contribution in [3.63, 3.8) is 0 Å². The minimum Gasteiger partial charge on any atom is -0.326 e. The van der Waals surface area contributed by atoms with Crippen LogP contribution in [0.2, 0.25) is 0 Å². The number of amides is 1. The van der Waals surface area contributed by atoms with Gasteiger partial charge in [0.2, 0.25) is 11.1 Å². The first kappa shape index (κ1) is 14.9. The lowest BCUT2D eigenvalue weighted by Crippen LogP contribution is -2.12. The highest BCUT2D eigenvalue weighted by molar-refractivity contribution is 7.99. The molecule has 0 aliphatic heterocycles. The number of tetrazole rings is 1. The van der Waals surface area contributed by atoms with Crippen molar-refractivity contribution in [1.29, 1.82) is 0 Å². The third kappa shape index (κ3) is 4.24. The van der Waals surface area contributed by atoms with Gasteiger partial charge in [-0.1, -0.05) is 17.8 Å². The van der Waals surface area contributed by atoms with Crippen LogP contribution in [0.4, 0.5) is 11.4 Å². The van der Waals surface area contributed by atoms with Crippen molar-refractivity contribution in [3.8, 4) is 0 Å². The Morgan fingerprint density at radius 2 is 2.33 bits per heavy atom. The molecule has 0 aliphatic rings. The van der Waals surface area contributed by atoms with Gasteiger partial charge in [0.15, 0.2) is 0 Å². The number of carbonyl (C=O) groups excluding carboxylic acids is 1. The van der Waals surface area contributed by atoms with Gasteiger partial charge in [-0.3, -0.25) is 14.9 Å². The summed E-state index contributed by atoms with van der Waals surface area (Å²) in [6.07, 6.45) is 0.250. The molecular formula is C11H12N6O3S. The molecule has 0 spiro atoms. The Morgan fingerprint density at radius 1 is 1.52 bits per heavy atom. The van der Waals surface area contributed by atoms with E-state index in [0.29, 0.717) is 16.6 Å². The number of anilines is 1. The minimum atomic E-state index is -0.507. The van der Waals surface area contributed by atoms with E-state index in [-0.39, 0.29) is 18.0 Å². The highest BCUT2D eigenvalue weighted by atomic mass is 32.2. The van der Waals surface area contributed by atoms with Gasteiger partial charge in [-0.05, 0) is 16.5 Å². The van der Waals surface area contributed by atoms with Crippen molar-refractivity contribution in [2.45, 2.75) is 11.6 Å². The van der Waals surface area contributed by atoms with Gasteiger partial charge in [-0.2, -0.15) is 0 Å². The molecule has 0 fully saturated rings. The SMILES string of the molecule is Cn1nnnc1SCCC(=O)Nc1cccc([N+](=O)[O-])c1. The van der Waals surface area contributed by atoms with Crippen molar-refractivity contribution >= 4 is 29.0 Å². The average molecular weight is 308 g/mol. The van der Waals surface area contributed by atoms with Crippen LogP contribution in [0.1, 0.15) is 6.42 Å². The van der Waals surface area contributed by atoms with E-state index in [1.165, 1.54) is 34.6 Å². The Balaban J connectivity index is 1.83. The summed E-state index contributed by atoms with van der Waals surface area (Å²) in [5.74, 6) is 0.285. The Kier molecular flexibility index (Phi) is 4.82. The van der Waals surface area contributed by atoms with Crippen LogP contribution in [0.3, 0.4) is 0 Å². The first-order valence-corrected chi connectivity index (χ1v) is 6.94. The Morgan fingerprint density at radius 3 is 3.00 bits per heavy atom. The third-order valence-corrected chi connectivity index (χ3v) is 3.49. The largest absolute Gasteiger partial charge is 0.326 e. The molecule has 0 unspecified atom stereocenters. The number of nitro benzene ring substituents is 1. The number of nitrogens with zero attached hydrogens (tertiary/aromatic N) is 5. The number of nitro groups is 1. The van der Waals surface area contributed by atoms with Gasteiger partial charge in [0, 0.05) is 37.0 Å². The Bertz CT molecular complexity index is 659. The number of nitrogens with one attached hydrogen (secondary N) is 1. The van der Waals surface area contributed by atoms with Crippen LogP contribution in [-0.2, 0) is 11.8 Å². The maximum absolute atomic E-state index is 11.8. The first-order chi connectivity index (χ1) is 10.1. The summed E-state index contributed by atoms with van der Waals surface area (Å²) < 4.78 is 1.52. The highest BCUT2D eigenvalue weighted by Gasteiger charge is 2.09. The van der Waals surface area contributed by atoms with E-state index in [1.807, 2.05) is 0 Å². The smallest absolute Gasteiger partial charge is 0.271 e. The predicted octanol–water partition coefficient (Wildman–Crippen LogP) is 1.24. The molecule has 2 aromatic rings. The van der Waals surface area contributed by atoms with Crippen molar-refractivity contribution < 1.29 is 9.72 Å². The third-order valence-electron chi connectivity index (χ3n) is 2.48. The number of hydrogen-bond acceptors (Lipinski definition) is 7. The van der Waals surface area contributed by atoms with Crippen molar-refractivity contribution in [1.82, 2.24) is 20.2 Å². The second-order valence-corrected chi connectivity index (χ2v) is 5.10. The zero-order valence-electron chi connectivity index (χ0n) is 11.1.